The molecule has 0 aromatic heterocycles. The molecule has 212 valence electrons. The molecule has 0 saturated carbocycles. The van der Waals surface area contributed by atoms with Crippen molar-refractivity contribution in [3.63, 3.8) is 0 Å². The van der Waals surface area contributed by atoms with Gasteiger partial charge < -0.3 is 24.4 Å². The SMILES string of the molecule is COC(=O)C=CCCN(Cc1ccccc1)C(=O)OC(C)(C)C.COC(=O)C=CCCNCc1ccccc1. The molecule has 0 atom stereocenters. The molecule has 0 bridgehead atoms. The van der Waals surface area contributed by atoms with Crippen LogP contribution < -0.4 is 5.32 Å². The zero-order valence-electron chi connectivity index (χ0n) is 23.7. The lowest BCUT2D eigenvalue weighted by Gasteiger charge is -2.27. The van der Waals surface area contributed by atoms with Gasteiger partial charge in [-0.15, -0.1) is 0 Å². The predicted molar refractivity (Wildman–Crippen MR) is 153 cm³/mol. The fourth-order valence-electron chi connectivity index (χ4n) is 3.10. The van der Waals surface area contributed by atoms with E-state index in [4.69, 9.17) is 4.74 Å². The standard InChI is InChI=1S/C18H25NO4.C13H17NO2/c1-18(2,3)23-17(21)19(13-9-8-12-16(20)22-4)14-15-10-6-5-7-11-15;1-16-13(15)9-5-6-10-14-11-12-7-3-2-4-8-12/h5-8,10-12H,9,13-14H2,1-4H3;2-5,7-9,14H,6,10-11H2,1H3. The van der Waals surface area contributed by atoms with Gasteiger partial charge in [0, 0.05) is 31.8 Å². The molecule has 0 saturated heterocycles. The smallest absolute Gasteiger partial charge is 0.410 e. The number of ether oxygens (including phenoxy) is 3. The summed E-state index contributed by atoms with van der Waals surface area (Å²) in [5.74, 6) is -0.708. The Morgan fingerprint density at radius 3 is 1.82 bits per heavy atom. The number of esters is 2. The minimum absolute atomic E-state index is 0.303. The number of amides is 1. The van der Waals surface area contributed by atoms with Crippen molar-refractivity contribution >= 4 is 18.0 Å². The van der Waals surface area contributed by atoms with E-state index in [0.29, 0.717) is 19.5 Å². The molecular weight excluding hydrogens is 496 g/mol. The molecule has 39 heavy (non-hydrogen) atoms. The van der Waals surface area contributed by atoms with Crippen molar-refractivity contribution < 1.29 is 28.6 Å². The van der Waals surface area contributed by atoms with Crippen molar-refractivity contribution in [3.05, 3.63) is 96.1 Å². The fourth-order valence-corrected chi connectivity index (χ4v) is 3.10. The third-order valence-corrected chi connectivity index (χ3v) is 5.00. The fraction of sp³-hybridized carbons (Fsp3) is 0.387. The van der Waals surface area contributed by atoms with Crippen LogP contribution in [0.2, 0.25) is 0 Å². The van der Waals surface area contributed by atoms with Crippen LogP contribution in [0.5, 0.6) is 0 Å². The van der Waals surface area contributed by atoms with Gasteiger partial charge in [-0.2, -0.15) is 0 Å². The molecule has 2 aromatic carbocycles. The second-order valence-corrected chi connectivity index (χ2v) is 9.48. The number of nitrogens with zero attached hydrogens (tertiary/aromatic N) is 1. The van der Waals surface area contributed by atoms with Gasteiger partial charge in [-0.05, 0) is 51.3 Å². The summed E-state index contributed by atoms with van der Waals surface area (Å²) in [5, 5.41) is 3.29. The predicted octanol–water partition coefficient (Wildman–Crippen LogP) is 5.44. The molecule has 1 N–H and O–H groups in total. The molecule has 0 fully saturated rings. The Labute approximate surface area is 232 Å². The van der Waals surface area contributed by atoms with Crippen LogP contribution in [0.15, 0.2) is 85.0 Å². The molecule has 8 nitrogen and oxygen atoms in total. The van der Waals surface area contributed by atoms with E-state index in [2.05, 4.69) is 26.9 Å². The summed E-state index contributed by atoms with van der Waals surface area (Å²) in [6.07, 6.45) is 7.30. The van der Waals surface area contributed by atoms with Crippen LogP contribution in [0.3, 0.4) is 0 Å². The molecule has 2 rings (SSSR count). The molecule has 8 heteroatoms. The third-order valence-electron chi connectivity index (χ3n) is 5.00. The highest BCUT2D eigenvalue weighted by Crippen LogP contribution is 2.13. The lowest BCUT2D eigenvalue weighted by molar-refractivity contribution is -0.135. The van der Waals surface area contributed by atoms with Crippen molar-refractivity contribution in [2.45, 2.75) is 52.3 Å². The molecule has 0 heterocycles. The zero-order valence-corrected chi connectivity index (χ0v) is 23.7. The first-order chi connectivity index (χ1) is 18.6. The average Bonchev–Trinajstić information content (AvgIpc) is 2.92. The molecule has 0 spiro atoms. The Morgan fingerprint density at radius 2 is 1.31 bits per heavy atom. The summed E-state index contributed by atoms with van der Waals surface area (Å²) in [5.41, 5.74) is 1.74. The lowest BCUT2D eigenvalue weighted by atomic mass is 10.2. The van der Waals surface area contributed by atoms with Gasteiger partial charge in [0.1, 0.15) is 5.60 Å². The van der Waals surface area contributed by atoms with Gasteiger partial charge in [0.15, 0.2) is 0 Å². The topological polar surface area (TPSA) is 94.2 Å². The molecule has 0 aliphatic rings. The summed E-state index contributed by atoms with van der Waals surface area (Å²) in [7, 11) is 2.70. The Kier molecular flexibility index (Phi) is 16.3. The van der Waals surface area contributed by atoms with E-state index in [0.717, 1.165) is 25.1 Å². The van der Waals surface area contributed by atoms with Crippen molar-refractivity contribution in [2.75, 3.05) is 27.3 Å². The molecule has 0 aliphatic carbocycles. The van der Waals surface area contributed by atoms with Crippen LogP contribution in [0, 0.1) is 0 Å². The average molecular weight is 539 g/mol. The van der Waals surface area contributed by atoms with Crippen LogP contribution in [0.1, 0.15) is 44.7 Å². The quantitative estimate of drug-likeness (QED) is 0.166. The number of hydrogen-bond acceptors (Lipinski definition) is 7. The summed E-state index contributed by atoms with van der Waals surface area (Å²) in [6, 6.07) is 19.9. The van der Waals surface area contributed by atoms with E-state index in [1.807, 2.05) is 75.4 Å². The Balaban J connectivity index is 0.000000416. The van der Waals surface area contributed by atoms with Crippen LogP contribution >= 0.6 is 0 Å². The summed E-state index contributed by atoms with van der Waals surface area (Å²) < 4.78 is 14.5. The highest BCUT2D eigenvalue weighted by atomic mass is 16.6. The number of rotatable bonds is 12. The number of benzene rings is 2. The van der Waals surface area contributed by atoms with Crippen molar-refractivity contribution in [1.29, 1.82) is 0 Å². The number of carbonyl (C=O) groups is 3. The molecule has 0 unspecified atom stereocenters. The summed E-state index contributed by atoms with van der Waals surface area (Å²) in [4.78, 5) is 35.8. The first kappa shape index (κ1) is 33.1. The van der Waals surface area contributed by atoms with E-state index in [9.17, 15) is 14.4 Å². The highest BCUT2D eigenvalue weighted by molar-refractivity contribution is 5.82. The van der Waals surface area contributed by atoms with Gasteiger partial charge >= 0.3 is 18.0 Å². The minimum atomic E-state index is -0.548. The van der Waals surface area contributed by atoms with Crippen molar-refractivity contribution in [2.24, 2.45) is 0 Å². The maximum atomic E-state index is 12.3. The lowest BCUT2D eigenvalue weighted by Crippen LogP contribution is -2.37. The largest absolute Gasteiger partial charge is 0.466 e. The van der Waals surface area contributed by atoms with Gasteiger partial charge in [0.2, 0.25) is 0 Å². The van der Waals surface area contributed by atoms with E-state index in [1.165, 1.54) is 31.9 Å². The molecule has 0 aliphatic heterocycles. The first-order valence-electron chi connectivity index (χ1n) is 12.9. The van der Waals surface area contributed by atoms with Crippen LogP contribution in [-0.2, 0) is 36.9 Å². The number of carbonyl (C=O) groups excluding carboxylic acids is 3. The van der Waals surface area contributed by atoms with Gasteiger partial charge in [-0.25, -0.2) is 14.4 Å². The van der Waals surface area contributed by atoms with E-state index < -0.39 is 11.6 Å². The highest BCUT2D eigenvalue weighted by Gasteiger charge is 2.21. The van der Waals surface area contributed by atoms with Crippen LogP contribution in [-0.4, -0.2) is 55.8 Å². The van der Waals surface area contributed by atoms with Crippen LogP contribution in [0.4, 0.5) is 4.79 Å². The summed E-state index contributed by atoms with van der Waals surface area (Å²) >= 11 is 0. The van der Waals surface area contributed by atoms with Gasteiger partial charge in [-0.1, -0.05) is 72.8 Å². The van der Waals surface area contributed by atoms with Gasteiger partial charge in [0.25, 0.3) is 0 Å². The number of hydrogen-bond donors (Lipinski definition) is 1. The van der Waals surface area contributed by atoms with E-state index >= 15 is 0 Å². The zero-order chi connectivity index (χ0) is 28.9. The molecule has 2 aromatic rings. The Hall–Kier alpha value is -3.91. The second-order valence-electron chi connectivity index (χ2n) is 9.48. The monoisotopic (exact) mass is 538 g/mol. The Bertz CT molecular complexity index is 1030. The maximum absolute atomic E-state index is 12.3. The molecule has 1 amide bonds. The molecule has 0 radical (unpaired) electrons. The minimum Gasteiger partial charge on any atom is -0.466 e. The number of nitrogens with one attached hydrogen (secondary N) is 1. The third kappa shape index (κ3) is 17.3. The van der Waals surface area contributed by atoms with Crippen molar-refractivity contribution in [1.82, 2.24) is 10.2 Å². The van der Waals surface area contributed by atoms with Gasteiger partial charge in [0.05, 0.1) is 14.2 Å². The Morgan fingerprint density at radius 1 is 0.795 bits per heavy atom. The normalized spacial score (nSPS) is 11.0. The maximum Gasteiger partial charge on any atom is 0.410 e. The van der Waals surface area contributed by atoms with Gasteiger partial charge in [-0.3, -0.25) is 0 Å². The van der Waals surface area contributed by atoms with Crippen molar-refractivity contribution in [3.8, 4) is 0 Å². The first-order valence-corrected chi connectivity index (χ1v) is 12.9. The van der Waals surface area contributed by atoms with E-state index in [1.54, 1.807) is 11.0 Å². The summed E-state index contributed by atoms with van der Waals surface area (Å²) in [6.45, 7) is 8.13. The van der Waals surface area contributed by atoms with Crippen LogP contribution in [0.25, 0.3) is 0 Å². The second kappa shape index (κ2) is 19.2. The number of methoxy groups -OCH3 is 2. The molecular formula is C31H42N2O6. The van der Waals surface area contributed by atoms with E-state index in [-0.39, 0.29) is 12.1 Å².